The van der Waals surface area contributed by atoms with Crippen LogP contribution in [0.25, 0.3) is 11.2 Å². The number of nitrogen functional groups attached to an aromatic ring is 1. The fourth-order valence-corrected chi connectivity index (χ4v) is 10.5. The molecule has 3 heterocycles. The zero-order chi connectivity index (χ0) is 56.2. The first kappa shape index (κ1) is 66.2. The summed E-state index contributed by atoms with van der Waals surface area (Å²) in [6, 6.07) is 0. The SMILES string of the molecule is CCC=CCC=CCC=CCC=CCC=CCCCCCCCC(=O)CC(=O)SCCNC(=O)CCNC(=O)C(O)C(C)(C)COP(=O)([O-])OP(=O)([O-])OCC1OC(n2cnc3c(N)ncnc32)C(O)C1OP(=O)([O-])[O-]. The third kappa shape index (κ3) is 26.1. The number of rotatable bonds is 38. The van der Waals surface area contributed by atoms with E-state index in [1.165, 1.54) is 13.8 Å². The quantitative estimate of drug-likeness (QED) is 0.0277. The van der Waals surface area contributed by atoms with Crippen molar-refractivity contribution in [1.82, 2.24) is 30.2 Å². The van der Waals surface area contributed by atoms with Gasteiger partial charge in [-0.2, -0.15) is 0 Å². The molecule has 0 saturated carbocycles. The number of nitrogens with zero attached hydrogens (tertiary/aromatic N) is 4. The number of aliphatic hydroxyl groups is 2. The highest BCUT2D eigenvalue weighted by atomic mass is 32.2. The third-order valence-electron chi connectivity index (χ3n) is 11.1. The average molecular weight is 1150 g/mol. The van der Waals surface area contributed by atoms with Crippen LogP contribution in [0.2, 0.25) is 0 Å². The van der Waals surface area contributed by atoms with Crippen LogP contribution >= 0.6 is 35.2 Å². The number of carbonyl (C=O) groups is 4. The molecule has 1 aliphatic rings. The molecule has 25 nitrogen and oxygen atoms in total. The highest BCUT2D eigenvalue weighted by Crippen LogP contribution is 2.56. The number of nitrogens with two attached hydrogens (primary N) is 1. The number of nitrogens with one attached hydrogen (secondary N) is 2. The van der Waals surface area contributed by atoms with Gasteiger partial charge in [0.05, 0.1) is 33.8 Å². The van der Waals surface area contributed by atoms with Gasteiger partial charge in [0, 0.05) is 37.1 Å². The number of carbonyl (C=O) groups excluding carboxylic acids is 4. The van der Waals surface area contributed by atoms with Gasteiger partial charge in [-0.25, -0.2) is 19.3 Å². The number of aromatic nitrogens is 4. The second kappa shape index (κ2) is 34.0. The van der Waals surface area contributed by atoms with Gasteiger partial charge in [-0.05, 0) is 51.4 Å². The zero-order valence-corrected chi connectivity index (χ0v) is 46.3. The van der Waals surface area contributed by atoms with Crippen LogP contribution in [0.1, 0.15) is 117 Å². The van der Waals surface area contributed by atoms with E-state index in [0.29, 0.717) is 12.8 Å². The summed E-state index contributed by atoms with van der Waals surface area (Å²) < 4.78 is 60.9. The van der Waals surface area contributed by atoms with Crippen molar-refractivity contribution in [2.75, 3.05) is 37.8 Å². The molecule has 76 heavy (non-hydrogen) atoms. The molecule has 1 saturated heterocycles. The van der Waals surface area contributed by atoms with Gasteiger partial charge in [0.2, 0.25) is 11.8 Å². The second-order valence-electron chi connectivity index (χ2n) is 17.9. The predicted octanol–water partition coefficient (Wildman–Crippen LogP) is 3.58. The number of ether oxygens (including phenoxy) is 1. The number of unbranched alkanes of at least 4 members (excludes halogenated alkanes) is 5. The van der Waals surface area contributed by atoms with Crippen molar-refractivity contribution in [3.05, 3.63) is 73.4 Å². The molecule has 7 atom stereocenters. The van der Waals surface area contributed by atoms with Gasteiger partial charge in [0.1, 0.15) is 42.0 Å². The molecule has 0 bridgehead atoms. The molecular weight excluding hydrogens is 1080 g/mol. The molecule has 0 aromatic carbocycles. The summed E-state index contributed by atoms with van der Waals surface area (Å²) in [7, 11) is -17.7. The summed E-state index contributed by atoms with van der Waals surface area (Å²) in [5, 5.41) is 26.1. The van der Waals surface area contributed by atoms with Gasteiger partial charge in [-0.15, -0.1) is 0 Å². The van der Waals surface area contributed by atoms with Crippen molar-refractivity contribution in [2.45, 2.75) is 141 Å². The van der Waals surface area contributed by atoms with Crippen molar-refractivity contribution >= 4 is 74.9 Å². The molecule has 0 aliphatic carbocycles. The van der Waals surface area contributed by atoms with Crippen molar-refractivity contribution in [2.24, 2.45) is 5.41 Å². The van der Waals surface area contributed by atoms with Gasteiger partial charge in [0.25, 0.3) is 15.6 Å². The molecule has 2 amide bonds. The number of phosphoric ester groups is 3. The van der Waals surface area contributed by atoms with Gasteiger partial charge in [-0.3, -0.25) is 32.9 Å². The van der Waals surface area contributed by atoms with E-state index in [2.05, 4.69) is 111 Å². The molecular formula is C47H70N7O18P3S-4. The molecule has 2 aromatic heterocycles. The lowest BCUT2D eigenvalue weighted by Gasteiger charge is -2.36. The minimum atomic E-state index is -5.94. The summed E-state index contributed by atoms with van der Waals surface area (Å²) in [6.07, 6.45) is 24.8. The average Bonchev–Trinajstić information content (AvgIpc) is 3.91. The normalized spacial score (nSPS) is 19.6. The molecule has 6 N–H and O–H groups in total. The number of thioether (sulfide) groups is 1. The van der Waals surface area contributed by atoms with E-state index in [1.54, 1.807) is 0 Å². The number of amides is 2. The summed E-state index contributed by atoms with van der Waals surface area (Å²) in [5.41, 5.74) is 4.04. The highest BCUT2D eigenvalue weighted by molar-refractivity contribution is 8.13. The molecule has 426 valence electrons. The topological polar surface area (TPSA) is 392 Å². The van der Waals surface area contributed by atoms with E-state index in [-0.39, 0.29) is 59.6 Å². The molecule has 0 spiro atoms. The molecule has 29 heteroatoms. The molecule has 2 aromatic rings. The van der Waals surface area contributed by atoms with E-state index >= 15 is 0 Å². The summed E-state index contributed by atoms with van der Waals surface area (Å²) >= 11 is 0.916. The van der Waals surface area contributed by atoms with E-state index in [9.17, 15) is 62.7 Å². The number of phosphoric acid groups is 3. The van der Waals surface area contributed by atoms with Gasteiger partial charge >= 0.3 is 0 Å². The van der Waals surface area contributed by atoms with Crippen LogP contribution < -0.4 is 35.9 Å². The van der Waals surface area contributed by atoms with Crippen LogP contribution in [0, 0.1) is 5.41 Å². The molecule has 1 aliphatic heterocycles. The van der Waals surface area contributed by atoms with Crippen LogP contribution in [0.15, 0.2) is 73.4 Å². The summed E-state index contributed by atoms with van der Waals surface area (Å²) in [4.78, 5) is 109. The number of fused-ring (bicyclic) bond motifs is 1. The van der Waals surface area contributed by atoms with E-state index in [4.69, 9.17) is 10.5 Å². The first-order chi connectivity index (χ1) is 35.9. The van der Waals surface area contributed by atoms with Crippen LogP contribution in [0.3, 0.4) is 0 Å². The summed E-state index contributed by atoms with van der Waals surface area (Å²) in [6.45, 7) is 2.04. The lowest BCUT2D eigenvalue weighted by atomic mass is 9.87. The Kier molecular flexibility index (Phi) is 29.7. The lowest BCUT2D eigenvalue weighted by molar-refractivity contribution is -0.347. The first-order valence-corrected chi connectivity index (χ1v) is 30.1. The van der Waals surface area contributed by atoms with Crippen LogP contribution in [0.5, 0.6) is 0 Å². The number of aliphatic hydroxyl groups excluding tert-OH is 2. The lowest BCUT2D eigenvalue weighted by Crippen LogP contribution is -2.46. The highest BCUT2D eigenvalue weighted by Gasteiger charge is 2.47. The maximum atomic E-state index is 12.7. The minimum Gasteiger partial charge on any atom is -0.790 e. The Labute approximate surface area is 446 Å². The van der Waals surface area contributed by atoms with Crippen molar-refractivity contribution in [1.29, 1.82) is 0 Å². The maximum absolute atomic E-state index is 12.7. The Balaban J connectivity index is 1.25. The van der Waals surface area contributed by atoms with E-state index in [1.807, 2.05) is 0 Å². The molecule has 0 radical (unpaired) electrons. The maximum Gasteiger partial charge on any atom is 0.274 e. The van der Waals surface area contributed by atoms with Gasteiger partial charge in [-0.1, -0.05) is 113 Å². The number of hydrogen-bond acceptors (Lipinski definition) is 23. The van der Waals surface area contributed by atoms with E-state index < -0.39 is 84.6 Å². The van der Waals surface area contributed by atoms with Crippen LogP contribution in [0.4, 0.5) is 5.82 Å². The van der Waals surface area contributed by atoms with Crippen molar-refractivity contribution in [3.8, 4) is 0 Å². The Morgan fingerprint density at radius 3 is 2.09 bits per heavy atom. The summed E-state index contributed by atoms with van der Waals surface area (Å²) in [5.74, 6) is -1.56. The minimum absolute atomic E-state index is 0.0278. The smallest absolute Gasteiger partial charge is 0.274 e. The fraction of sp³-hybridized carbons (Fsp3) is 0.596. The predicted molar refractivity (Wildman–Crippen MR) is 275 cm³/mol. The largest absolute Gasteiger partial charge is 0.790 e. The monoisotopic (exact) mass is 1150 g/mol. The third-order valence-corrected chi connectivity index (χ3v) is 15.0. The van der Waals surface area contributed by atoms with Crippen LogP contribution in [-0.2, 0) is 55.5 Å². The van der Waals surface area contributed by atoms with Gasteiger partial charge < -0.3 is 69.0 Å². The van der Waals surface area contributed by atoms with E-state index in [0.717, 1.165) is 93.2 Å². The number of Topliss-reactive ketones (excluding diaryl/α,β-unsaturated/α-hetero) is 1. The Morgan fingerprint density at radius 2 is 1.45 bits per heavy atom. The van der Waals surface area contributed by atoms with Crippen molar-refractivity contribution < 1.29 is 85.3 Å². The van der Waals surface area contributed by atoms with Gasteiger partial charge in [0.15, 0.2) is 22.8 Å². The van der Waals surface area contributed by atoms with Crippen LogP contribution in [-0.4, -0.2) is 109 Å². The number of ketones is 1. The Hall–Kier alpha value is -4.07. The molecule has 3 rings (SSSR count). The Bertz CT molecular complexity index is 2470. The number of anilines is 1. The first-order valence-electron chi connectivity index (χ1n) is 24.7. The number of imidazole rings is 1. The molecule has 7 unspecified atom stereocenters. The standard InChI is InChI=1S/C47H74N7O18P3S/c1-4-5-6-7-8-9-10-11-12-13-14-15-16-17-18-19-20-21-22-23-24-25-35(55)30-38(57)76-29-28-49-37(56)26-27-50-45(60)42(59)47(2,3)32-69-75(66,67)72-74(64,65)68-31-36-41(71-73(61,62)63)40(58)46(70-36)54-34-53-39-43(48)51-33-52-44(39)54/h5-6,8-9,11-12,14-15,17-18,33-34,36,40-42,46,58-59H,4,7,10,13,16,19-32H2,1-3H3,(H,49,56)(H,50,60)(H,64,65)(H,66,67)(H2,48,51,52)(H2,61,62,63)/p-4. The second-order valence-corrected chi connectivity index (χ2v) is 23.1. The van der Waals surface area contributed by atoms with Crippen molar-refractivity contribution in [3.63, 3.8) is 0 Å². The number of hydrogen-bond donors (Lipinski definition) is 5. The molecule has 1 fully saturated rings. The zero-order valence-electron chi connectivity index (χ0n) is 42.8. The number of allylic oxidation sites excluding steroid dienone is 10. The fourth-order valence-electron chi connectivity index (χ4n) is 7.06. The Morgan fingerprint density at radius 1 is 0.842 bits per heavy atom.